The maximum Gasteiger partial charge on any atom is 0.146 e. The maximum atomic E-state index is 13.9. The van der Waals surface area contributed by atoms with Crippen LogP contribution >= 0.6 is 11.6 Å². The lowest BCUT2D eigenvalue weighted by atomic mass is 10.1. The number of halogens is 2. The van der Waals surface area contributed by atoms with E-state index in [4.69, 9.17) is 11.6 Å². The summed E-state index contributed by atoms with van der Waals surface area (Å²) in [6, 6.07) is 10.4. The molecule has 0 aromatic heterocycles. The zero-order valence-corrected chi connectivity index (χ0v) is 12.9. The number of aliphatic imine (C=N–C) groups is 1. The van der Waals surface area contributed by atoms with Crippen molar-refractivity contribution in [2.75, 3.05) is 24.3 Å². The maximum absolute atomic E-state index is 13.9. The van der Waals surface area contributed by atoms with Gasteiger partial charge < -0.3 is 10.2 Å². The van der Waals surface area contributed by atoms with Gasteiger partial charge in [0.05, 0.1) is 22.7 Å². The molecular weight excluding hydrogens is 289 g/mol. The summed E-state index contributed by atoms with van der Waals surface area (Å²) in [5.41, 5.74) is 3.11. The van der Waals surface area contributed by atoms with Gasteiger partial charge in [-0.1, -0.05) is 23.7 Å². The SMILES string of the molecule is CN=CNc1cc(C)c(N(C)c2ccccc2F)cc1Cl. The van der Waals surface area contributed by atoms with Crippen molar-refractivity contribution in [2.24, 2.45) is 4.99 Å². The summed E-state index contributed by atoms with van der Waals surface area (Å²) < 4.78 is 13.9. The highest BCUT2D eigenvalue weighted by atomic mass is 35.5. The molecule has 0 unspecified atom stereocenters. The van der Waals surface area contributed by atoms with Crippen LogP contribution in [0.1, 0.15) is 5.56 Å². The highest BCUT2D eigenvalue weighted by Gasteiger charge is 2.13. The van der Waals surface area contributed by atoms with Gasteiger partial charge in [0.1, 0.15) is 5.82 Å². The molecule has 0 fully saturated rings. The average Bonchev–Trinajstić information content (AvgIpc) is 2.47. The highest BCUT2D eigenvalue weighted by molar-refractivity contribution is 6.34. The minimum Gasteiger partial charge on any atom is -0.346 e. The molecule has 0 spiro atoms. The van der Waals surface area contributed by atoms with Crippen LogP contribution in [-0.4, -0.2) is 20.4 Å². The number of benzene rings is 2. The molecule has 2 rings (SSSR count). The predicted molar refractivity (Wildman–Crippen MR) is 88.7 cm³/mol. The van der Waals surface area contributed by atoms with Crippen LogP contribution in [0.3, 0.4) is 0 Å². The van der Waals surface area contributed by atoms with Crippen molar-refractivity contribution in [3.8, 4) is 0 Å². The van der Waals surface area contributed by atoms with E-state index in [1.807, 2.05) is 26.1 Å². The van der Waals surface area contributed by atoms with E-state index in [2.05, 4.69) is 10.3 Å². The third-order valence-corrected chi connectivity index (χ3v) is 3.52. The Kier molecular flexibility index (Phi) is 4.81. The standard InChI is InChI=1S/C16H17ClFN3/c1-11-8-14(20-10-19-2)12(17)9-16(11)21(3)15-7-5-4-6-13(15)18/h4-10H,1-3H3,(H,19,20). The van der Waals surface area contributed by atoms with Crippen molar-refractivity contribution in [1.29, 1.82) is 0 Å². The first-order chi connectivity index (χ1) is 10.0. The van der Waals surface area contributed by atoms with Crippen molar-refractivity contribution < 1.29 is 4.39 Å². The molecule has 1 N–H and O–H groups in total. The zero-order valence-electron chi connectivity index (χ0n) is 12.2. The van der Waals surface area contributed by atoms with E-state index in [-0.39, 0.29) is 5.82 Å². The fourth-order valence-corrected chi connectivity index (χ4v) is 2.34. The fraction of sp³-hybridized carbons (Fsp3) is 0.188. The molecule has 5 heteroatoms. The number of hydrogen-bond donors (Lipinski definition) is 1. The first-order valence-corrected chi connectivity index (χ1v) is 6.88. The molecule has 2 aromatic carbocycles. The van der Waals surface area contributed by atoms with E-state index in [9.17, 15) is 4.39 Å². The molecule has 0 heterocycles. The Bertz CT molecular complexity index is 671. The molecule has 0 saturated heterocycles. The van der Waals surface area contributed by atoms with E-state index < -0.39 is 0 Å². The van der Waals surface area contributed by atoms with Gasteiger partial charge in [-0.25, -0.2) is 4.39 Å². The van der Waals surface area contributed by atoms with E-state index in [1.165, 1.54) is 6.07 Å². The molecule has 0 radical (unpaired) electrons. The Hall–Kier alpha value is -2.07. The summed E-state index contributed by atoms with van der Waals surface area (Å²) in [6.45, 7) is 1.96. The quantitative estimate of drug-likeness (QED) is 0.659. The Morgan fingerprint density at radius 3 is 2.62 bits per heavy atom. The minimum atomic E-state index is -0.268. The number of nitrogens with zero attached hydrogens (tertiary/aromatic N) is 2. The number of aryl methyl sites for hydroxylation is 1. The molecule has 0 aliphatic heterocycles. The lowest BCUT2D eigenvalue weighted by molar-refractivity contribution is 0.627. The first kappa shape index (κ1) is 15.3. The smallest absolute Gasteiger partial charge is 0.146 e. The normalized spacial score (nSPS) is 10.9. The van der Waals surface area contributed by atoms with Gasteiger partial charge in [-0.05, 0) is 36.8 Å². The molecule has 110 valence electrons. The topological polar surface area (TPSA) is 27.6 Å². The largest absolute Gasteiger partial charge is 0.346 e. The number of hydrogen-bond acceptors (Lipinski definition) is 2. The van der Waals surface area contributed by atoms with Gasteiger partial charge in [0, 0.05) is 19.8 Å². The number of anilines is 3. The van der Waals surface area contributed by atoms with Crippen molar-refractivity contribution in [3.63, 3.8) is 0 Å². The van der Waals surface area contributed by atoms with Gasteiger partial charge in [0.2, 0.25) is 0 Å². The highest BCUT2D eigenvalue weighted by Crippen LogP contribution is 2.34. The minimum absolute atomic E-state index is 0.268. The molecule has 3 nitrogen and oxygen atoms in total. The summed E-state index contributed by atoms with van der Waals surface area (Å²) in [5.74, 6) is -0.268. The molecule has 21 heavy (non-hydrogen) atoms. The summed E-state index contributed by atoms with van der Waals surface area (Å²) in [7, 11) is 3.49. The van der Waals surface area contributed by atoms with Crippen LogP contribution in [-0.2, 0) is 0 Å². The second-order valence-electron chi connectivity index (χ2n) is 4.66. The molecule has 0 atom stereocenters. The van der Waals surface area contributed by atoms with Gasteiger partial charge in [-0.2, -0.15) is 0 Å². The van der Waals surface area contributed by atoms with Gasteiger partial charge in [-0.3, -0.25) is 4.99 Å². The van der Waals surface area contributed by atoms with Gasteiger partial charge in [0.25, 0.3) is 0 Å². The van der Waals surface area contributed by atoms with E-state index >= 15 is 0 Å². The van der Waals surface area contributed by atoms with Crippen molar-refractivity contribution >= 4 is 35.0 Å². The summed E-state index contributed by atoms with van der Waals surface area (Å²) in [5, 5.41) is 3.56. The summed E-state index contributed by atoms with van der Waals surface area (Å²) >= 11 is 6.26. The third kappa shape index (κ3) is 3.34. The van der Waals surface area contributed by atoms with Crippen molar-refractivity contribution in [3.05, 3.63) is 52.8 Å². The van der Waals surface area contributed by atoms with Crippen molar-refractivity contribution in [2.45, 2.75) is 6.92 Å². The lowest BCUT2D eigenvalue weighted by Gasteiger charge is -2.23. The van der Waals surface area contributed by atoms with Gasteiger partial charge in [0.15, 0.2) is 0 Å². The van der Waals surface area contributed by atoms with Crippen LogP contribution in [0.2, 0.25) is 5.02 Å². The Morgan fingerprint density at radius 2 is 1.95 bits per heavy atom. The van der Waals surface area contributed by atoms with Crippen LogP contribution in [0.4, 0.5) is 21.5 Å². The second-order valence-corrected chi connectivity index (χ2v) is 5.07. The van der Waals surface area contributed by atoms with E-state index in [0.717, 1.165) is 16.9 Å². The van der Waals surface area contributed by atoms with Crippen LogP contribution < -0.4 is 10.2 Å². The summed E-state index contributed by atoms with van der Waals surface area (Å²) in [4.78, 5) is 5.65. The van der Waals surface area contributed by atoms with Crippen LogP contribution in [0.5, 0.6) is 0 Å². The third-order valence-electron chi connectivity index (χ3n) is 3.21. The molecule has 0 bridgehead atoms. The molecular formula is C16H17ClFN3. The second kappa shape index (κ2) is 6.59. The number of para-hydroxylation sites is 1. The number of rotatable bonds is 4. The Balaban J connectivity index is 2.41. The molecule has 2 aromatic rings. The predicted octanol–water partition coefficient (Wildman–Crippen LogP) is 4.63. The van der Waals surface area contributed by atoms with Gasteiger partial charge in [-0.15, -0.1) is 0 Å². The monoisotopic (exact) mass is 305 g/mol. The van der Waals surface area contributed by atoms with Crippen LogP contribution in [0.15, 0.2) is 41.4 Å². The van der Waals surface area contributed by atoms with Gasteiger partial charge >= 0.3 is 0 Å². The average molecular weight is 306 g/mol. The van der Waals surface area contributed by atoms with Crippen LogP contribution in [0.25, 0.3) is 0 Å². The molecule has 0 aliphatic carbocycles. The Morgan fingerprint density at radius 1 is 1.24 bits per heavy atom. The van der Waals surface area contributed by atoms with E-state index in [0.29, 0.717) is 10.7 Å². The zero-order chi connectivity index (χ0) is 15.4. The van der Waals surface area contributed by atoms with E-state index in [1.54, 1.807) is 36.5 Å². The molecule has 0 saturated carbocycles. The van der Waals surface area contributed by atoms with Crippen molar-refractivity contribution in [1.82, 2.24) is 0 Å². The fourth-order valence-electron chi connectivity index (χ4n) is 2.13. The Labute approximate surface area is 129 Å². The first-order valence-electron chi connectivity index (χ1n) is 6.50. The summed E-state index contributed by atoms with van der Waals surface area (Å²) in [6.07, 6.45) is 1.57. The number of nitrogens with one attached hydrogen (secondary N) is 1. The molecule has 0 aliphatic rings. The lowest BCUT2D eigenvalue weighted by Crippen LogP contribution is -2.13. The molecule has 0 amide bonds. The van der Waals surface area contributed by atoms with Crippen LogP contribution in [0, 0.1) is 12.7 Å².